The molecule has 3 atom stereocenters. The van der Waals surface area contributed by atoms with Crippen molar-refractivity contribution in [2.24, 2.45) is 0 Å². The van der Waals surface area contributed by atoms with Crippen LogP contribution in [0.3, 0.4) is 0 Å². The Labute approximate surface area is 122 Å². The first-order valence-corrected chi connectivity index (χ1v) is 7.99. The van der Waals surface area contributed by atoms with Crippen molar-refractivity contribution in [2.45, 2.75) is 51.2 Å². The van der Waals surface area contributed by atoms with Crippen LogP contribution in [0.2, 0.25) is 0 Å². The van der Waals surface area contributed by atoms with Crippen molar-refractivity contribution in [3.63, 3.8) is 0 Å². The summed E-state index contributed by atoms with van der Waals surface area (Å²) in [5, 5.41) is 3.74. The van der Waals surface area contributed by atoms with Gasteiger partial charge < -0.3 is 10.1 Å². The van der Waals surface area contributed by atoms with Crippen LogP contribution in [0.5, 0.6) is 5.75 Å². The van der Waals surface area contributed by atoms with Gasteiger partial charge in [-0.2, -0.15) is 0 Å². The van der Waals surface area contributed by atoms with Gasteiger partial charge in [0.1, 0.15) is 12.4 Å². The van der Waals surface area contributed by atoms with E-state index in [1.807, 2.05) is 0 Å². The quantitative estimate of drug-likeness (QED) is 0.897. The highest BCUT2D eigenvalue weighted by Crippen LogP contribution is 2.36. The molecule has 1 aromatic carbocycles. The van der Waals surface area contributed by atoms with Crippen molar-refractivity contribution in [2.75, 3.05) is 19.7 Å². The highest BCUT2D eigenvalue weighted by molar-refractivity contribution is 5.39. The minimum Gasteiger partial charge on any atom is -0.491 e. The van der Waals surface area contributed by atoms with Crippen molar-refractivity contribution < 1.29 is 4.74 Å². The molecule has 0 saturated carbocycles. The second-order valence-corrected chi connectivity index (χ2v) is 6.15. The number of rotatable bonds is 2. The van der Waals surface area contributed by atoms with E-state index in [0.717, 1.165) is 18.9 Å². The summed E-state index contributed by atoms with van der Waals surface area (Å²) in [7, 11) is 0. The number of nitrogens with zero attached hydrogens (tertiary/aromatic N) is 1. The van der Waals surface area contributed by atoms with Crippen molar-refractivity contribution in [1.82, 2.24) is 10.2 Å². The van der Waals surface area contributed by atoms with E-state index in [9.17, 15) is 0 Å². The molecule has 1 saturated heterocycles. The Bertz CT molecular complexity index is 448. The fourth-order valence-corrected chi connectivity index (χ4v) is 3.44. The Morgan fingerprint density at radius 3 is 2.90 bits per heavy atom. The Kier molecular flexibility index (Phi) is 4.27. The van der Waals surface area contributed by atoms with Gasteiger partial charge >= 0.3 is 0 Å². The molecule has 2 heterocycles. The van der Waals surface area contributed by atoms with E-state index in [2.05, 4.69) is 48.3 Å². The van der Waals surface area contributed by atoms with Crippen LogP contribution < -0.4 is 10.1 Å². The van der Waals surface area contributed by atoms with Gasteiger partial charge in [0.05, 0.1) is 6.04 Å². The molecule has 110 valence electrons. The van der Waals surface area contributed by atoms with Crippen molar-refractivity contribution in [3.05, 3.63) is 29.8 Å². The van der Waals surface area contributed by atoms with Gasteiger partial charge in [0, 0.05) is 30.7 Å². The fourth-order valence-electron chi connectivity index (χ4n) is 3.44. The molecule has 0 radical (unpaired) electrons. The monoisotopic (exact) mass is 274 g/mol. The molecule has 2 aliphatic heterocycles. The third-order valence-electron chi connectivity index (χ3n) is 4.74. The number of para-hydroxylation sites is 1. The minimum absolute atomic E-state index is 0.453. The molecule has 0 amide bonds. The summed E-state index contributed by atoms with van der Waals surface area (Å²) in [6.07, 6.45) is 3.67. The molecule has 3 nitrogen and oxygen atoms in total. The van der Waals surface area contributed by atoms with Gasteiger partial charge in [-0.05, 0) is 32.3 Å². The maximum Gasteiger partial charge on any atom is 0.124 e. The van der Waals surface area contributed by atoms with E-state index in [-0.39, 0.29) is 0 Å². The number of benzene rings is 1. The van der Waals surface area contributed by atoms with Gasteiger partial charge in [-0.1, -0.05) is 25.1 Å². The summed E-state index contributed by atoms with van der Waals surface area (Å²) in [4.78, 5) is 2.63. The first-order chi connectivity index (χ1) is 9.78. The summed E-state index contributed by atoms with van der Waals surface area (Å²) in [6, 6.07) is 10.2. The average Bonchev–Trinajstić information content (AvgIpc) is 2.87. The van der Waals surface area contributed by atoms with E-state index >= 15 is 0 Å². The zero-order chi connectivity index (χ0) is 13.9. The van der Waals surface area contributed by atoms with Gasteiger partial charge in [0.2, 0.25) is 0 Å². The predicted molar refractivity (Wildman–Crippen MR) is 82.2 cm³/mol. The minimum atomic E-state index is 0.453. The van der Waals surface area contributed by atoms with Crippen molar-refractivity contribution >= 4 is 0 Å². The second kappa shape index (κ2) is 6.15. The SMILES string of the molecule is CCC1CCN(C2COc3ccccc32)CCC(C)N1. The van der Waals surface area contributed by atoms with E-state index in [1.165, 1.54) is 31.4 Å². The van der Waals surface area contributed by atoms with E-state index in [4.69, 9.17) is 4.74 Å². The molecular formula is C17H26N2O. The second-order valence-electron chi connectivity index (χ2n) is 6.15. The third kappa shape index (κ3) is 2.84. The number of nitrogens with one attached hydrogen (secondary N) is 1. The van der Waals surface area contributed by atoms with Crippen molar-refractivity contribution in [1.29, 1.82) is 0 Å². The number of hydrogen-bond acceptors (Lipinski definition) is 3. The topological polar surface area (TPSA) is 24.5 Å². The van der Waals surface area contributed by atoms with Gasteiger partial charge in [-0.3, -0.25) is 4.90 Å². The predicted octanol–water partition coefficient (Wildman–Crippen LogP) is 2.97. The standard InChI is InChI=1S/C17H26N2O/c1-3-14-9-11-19(10-8-13(2)18-14)16-12-20-17-7-5-4-6-15(16)17/h4-7,13-14,16,18H,3,8-12H2,1-2H3. The molecular weight excluding hydrogens is 248 g/mol. The van der Waals surface area contributed by atoms with Crippen LogP contribution in [0.1, 0.15) is 44.7 Å². The summed E-state index contributed by atoms with van der Waals surface area (Å²) >= 11 is 0. The van der Waals surface area contributed by atoms with Gasteiger partial charge in [-0.25, -0.2) is 0 Å². The van der Waals surface area contributed by atoms with E-state index < -0.39 is 0 Å². The summed E-state index contributed by atoms with van der Waals surface area (Å²) in [6.45, 7) is 7.74. The average molecular weight is 274 g/mol. The van der Waals surface area contributed by atoms with Crippen LogP contribution >= 0.6 is 0 Å². The maximum absolute atomic E-state index is 5.86. The molecule has 2 aliphatic rings. The largest absolute Gasteiger partial charge is 0.491 e. The fraction of sp³-hybridized carbons (Fsp3) is 0.647. The molecule has 1 N–H and O–H groups in total. The molecule has 20 heavy (non-hydrogen) atoms. The molecule has 1 aromatic rings. The molecule has 0 aromatic heterocycles. The number of hydrogen-bond donors (Lipinski definition) is 1. The number of ether oxygens (including phenoxy) is 1. The van der Waals surface area contributed by atoms with Crippen molar-refractivity contribution in [3.8, 4) is 5.75 Å². The lowest BCUT2D eigenvalue weighted by atomic mass is 10.0. The molecule has 3 heteroatoms. The molecule has 0 spiro atoms. The Hall–Kier alpha value is -1.06. The van der Waals surface area contributed by atoms with Crippen LogP contribution in [0.4, 0.5) is 0 Å². The molecule has 1 fully saturated rings. The zero-order valence-electron chi connectivity index (χ0n) is 12.6. The van der Waals surface area contributed by atoms with Gasteiger partial charge in [0.25, 0.3) is 0 Å². The zero-order valence-corrected chi connectivity index (χ0v) is 12.6. The summed E-state index contributed by atoms with van der Waals surface area (Å²) in [5.41, 5.74) is 1.38. The smallest absolute Gasteiger partial charge is 0.124 e. The highest BCUT2D eigenvalue weighted by Gasteiger charge is 2.30. The summed E-state index contributed by atoms with van der Waals surface area (Å²) < 4.78 is 5.86. The normalized spacial score (nSPS) is 31.2. The van der Waals surface area contributed by atoms with E-state index in [0.29, 0.717) is 18.1 Å². The first-order valence-electron chi connectivity index (χ1n) is 7.99. The van der Waals surface area contributed by atoms with Gasteiger partial charge in [0.15, 0.2) is 0 Å². The van der Waals surface area contributed by atoms with Crippen LogP contribution in [0.25, 0.3) is 0 Å². The van der Waals surface area contributed by atoms with Crippen LogP contribution in [0, 0.1) is 0 Å². The third-order valence-corrected chi connectivity index (χ3v) is 4.74. The summed E-state index contributed by atoms with van der Waals surface area (Å²) in [5.74, 6) is 1.08. The van der Waals surface area contributed by atoms with Crippen LogP contribution in [-0.2, 0) is 0 Å². The highest BCUT2D eigenvalue weighted by atomic mass is 16.5. The Morgan fingerprint density at radius 1 is 1.25 bits per heavy atom. The van der Waals surface area contributed by atoms with Crippen LogP contribution in [-0.4, -0.2) is 36.7 Å². The molecule has 3 unspecified atom stereocenters. The molecule has 3 rings (SSSR count). The lowest BCUT2D eigenvalue weighted by Gasteiger charge is -2.34. The van der Waals surface area contributed by atoms with Gasteiger partial charge in [-0.15, -0.1) is 0 Å². The lowest BCUT2D eigenvalue weighted by Crippen LogP contribution is -2.45. The lowest BCUT2D eigenvalue weighted by molar-refractivity contribution is 0.136. The van der Waals surface area contributed by atoms with E-state index in [1.54, 1.807) is 0 Å². The maximum atomic E-state index is 5.86. The number of fused-ring (bicyclic) bond motifs is 1. The Morgan fingerprint density at radius 2 is 2.05 bits per heavy atom. The molecule has 0 aliphatic carbocycles. The van der Waals surface area contributed by atoms with Crippen LogP contribution in [0.15, 0.2) is 24.3 Å². The first kappa shape index (κ1) is 13.9. The molecule has 0 bridgehead atoms. The Balaban J connectivity index is 1.73.